The Balaban J connectivity index is 2.15. The number of phenolic OH excluding ortho intramolecular Hbond substituents is 1. The van der Waals surface area contributed by atoms with Crippen LogP contribution in [0.25, 0.3) is 5.76 Å². The molecule has 0 radical (unpaired) electrons. The second-order valence-electron chi connectivity index (χ2n) is 9.72. The number of Topliss-reactive ketones (excluding diaryl/α,β-unsaturated/α-hetero) is 2. The number of phenols is 1. The van der Waals surface area contributed by atoms with Crippen molar-refractivity contribution < 1.29 is 47.4 Å². The molecule has 5 unspecified atom stereocenters. The number of aliphatic hydroxyl groups excluding tert-OH is 2. The van der Waals surface area contributed by atoms with Crippen molar-refractivity contribution in [2.24, 2.45) is 17.6 Å². The minimum Gasteiger partial charge on any atom is -0.508 e. The van der Waals surface area contributed by atoms with E-state index in [1.165, 1.54) is 44.1 Å². The lowest BCUT2D eigenvalue weighted by Gasteiger charge is -2.54. The molecule has 1 saturated carbocycles. The monoisotopic (exact) mass is 522 g/mol. The van der Waals surface area contributed by atoms with Crippen molar-refractivity contribution in [2.75, 3.05) is 20.4 Å². The molecule has 0 bridgehead atoms. The van der Waals surface area contributed by atoms with E-state index in [2.05, 4.69) is 0 Å². The predicted octanol–water partition coefficient (Wildman–Crippen LogP) is -0.387. The normalized spacial score (nSPS) is 32.3. The van der Waals surface area contributed by atoms with Crippen molar-refractivity contribution in [1.29, 1.82) is 0 Å². The quantitative estimate of drug-likeness (QED) is 0.254. The number of hydrogen-bond donors (Lipinski definition) is 5. The third-order valence-electron chi connectivity index (χ3n) is 7.27. The van der Waals surface area contributed by atoms with E-state index >= 15 is 0 Å². The summed E-state index contributed by atoms with van der Waals surface area (Å²) < 4.78 is 30.0. The van der Waals surface area contributed by atoms with Crippen LogP contribution in [0.5, 0.6) is 5.75 Å². The Hall–Kier alpha value is -3.26. The van der Waals surface area contributed by atoms with Gasteiger partial charge in [-0.1, -0.05) is 12.1 Å². The number of amides is 1. The number of nitrogens with two attached hydrogens (primary N) is 1. The summed E-state index contributed by atoms with van der Waals surface area (Å²) in [6.45, 7) is 1.35. The van der Waals surface area contributed by atoms with Gasteiger partial charge in [-0.3, -0.25) is 19.3 Å². The van der Waals surface area contributed by atoms with E-state index in [1.807, 2.05) is 0 Å². The van der Waals surface area contributed by atoms with Gasteiger partial charge < -0.3 is 26.2 Å². The second kappa shape index (κ2) is 7.87. The van der Waals surface area contributed by atoms with E-state index in [4.69, 9.17) is 9.92 Å². The number of aliphatic hydroxyl groups is 3. The molecular formula is C23H26N2O10S. The Kier molecular flexibility index (Phi) is 5.64. The van der Waals surface area contributed by atoms with E-state index in [0.717, 1.165) is 0 Å². The summed E-state index contributed by atoms with van der Waals surface area (Å²) in [4.78, 5) is 41.0. The first-order valence-corrected chi connectivity index (χ1v) is 12.7. The van der Waals surface area contributed by atoms with Gasteiger partial charge in [0.2, 0.25) is 11.4 Å². The largest absolute Gasteiger partial charge is 0.508 e. The van der Waals surface area contributed by atoms with Gasteiger partial charge in [-0.05, 0) is 39.1 Å². The number of hydrogen-bond acceptors (Lipinski definition) is 11. The maximum absolute atomic E-state index is 14.2. The number of fused-ring (bicyclic) bond motifs is 3. The first-order valence-electron chi connectivity index (χ1n) is 10.9. The fraction of sp³-hybridized carbons (Fsp3) is 0.435. The van der Waals surface area contributed by atoms with Gasteiger partial charge in [0.1, 0.15) is 17.1 Å². The molecule has 0 spiro atoms. The Morgan fingerprint density at radius 1 is 1.19 bits per heavy atom. The molecule has 13 heteroatoms. The SMILES string of the molecule is CN(C)C1C(=O)C(C(N)=O)=C(O)C2(OS(C)(=O)=O)C(=O)C3=C(O)c4c(O)cccc4C(C)(O)C3CC12. The lowest BCUT2D eigenvalue weighted by molar-refractivity contribution is -0.154. The van der Waals surface area contributed by atoms with Gasteiger partial charge in [0.15, 0.2) is 11.5 Å². The van der Waals surface area contributed by atoms with E-state index in [-0.39, 0.29) is 17.5 Å². The molecule has 0 aliphatic heterocycles. The molecule has 6 N–H and O–H groups in total. The molecule has 1 aromatic rings. The highest BCUT2D eigenvalue weighted by Crippen LogP contribution is 2.58. The summed E-state index contributed by atoms with van der Waals surface area (Å²) in [6.07, 6.45) is 0.274. The average molecular weight is 523 g/mol. The van der Waals surface area contributed by atoms with Gasteiger partial charge in [0.25, 0.3) is 16.0 Å². The zero-order chi connectivity index (χ0) is 27.1. The highest BCUT2D eigenvalue weighted by Gasteiger charge is 2.69. The molecule has 5 atom stereocenters. The van der Waals surface area contributed by atoms with Gasteiger partial charge in [-0.2, -0.15) is 8.42 Å². The van der Waals surface area contributed by atoms with Gasteiger partial charge in [-0.25, -0.2) is 4.18 Å². The number of primary amides is 1. The van der Waals surface area contributed by atoms with E-state index in [1.54, 1.807) is 0 Å². The summed E-state index contributed by atoms with van der Waals surface area (Å²) in [6, 6.07) is 2.72. The van der Waals surface area contributed by atoms with Crippen LogP contribution in [0.3, 0.4) is 0 Å². The molecule has 12 nitrogen and oxygen atoms in total. The number of nitrogens with zero attached hydrogens (tertiary/aromatic N) is 1. The standard InChI is InChI=1S/C23H26N2O10S/c1-22(32)9-6-5-7-12(26)13(9)17(27)14-10(22)8-11-16(25(2)3)18(28)15(21(24)31)20(30)23(11,19(14)29)35-36(4,33)34/h5-7,10-11,16,26-27,30,32H,8H2,1-4H3,(H2,24,31). The minimum atomic E-state index is -4.55. The van der Waals surface area contributed by atoms with Crippen molar-refractivity contribution in [2.45, 2.75) is 30.6 Å². The number of carbonyl (C=O) groups is 3. The number of benzene rings is 1. The van der Waals surface area contributed by atoms with Crippen LogP contribution < -0.4 is 5.73 Å². The fourth-order valence-corrected chi connectivity index (χ4v) is 6.61. The maximum Gasteiger partial charge on any atom is 0.265 e. The van der Waals surface area contributed by atoms with Crippen LogP contribution >= 0.6 is 0 Å². The summed E-state index contributed by atoms with van der Waals surface area (Å²) in [5.41, 5.74) is -1.10. The molecule has 1 aromatic carbocycles. The number of likely N-dealkylation sites (N-methyl/N-ethyl adjacent to an activating group) is 1. The zero-order valence-corrected chi connectivity index (χ0v) is 20.7. The second-order valence-corrected chi connectivity index (χ2v) is 11.3. The Morgan fingerprint density at radius 3 is 2.33 bits per heavy atom. The first kappa shape index (κ1) is 25.8. The Bertz CT molecular complexity index is 1390. The van der Waals surface area contributed by atoms with E-state index in [9.17, 15) is 43.2 Å². The number of rotatable bonds is 4. The molecule has 194 valence electrons. The molecule has 3 aliphatic carbocycles. The first-order chi connectivity index (χ1) is 16.5. The Morgan fingerprint density at radius 2 is 1.81 bits per heavy atom. The summed E-state index contributed by atoms with van der Waals surface area (Å²) >= 11 is 0. The minimum absolute atomic E-state index is 0.0965. The fourth-order valence-electron chi connectivity index (χ4n) is 5.86. The van der Waals surface area contributed by atoms with Gasteiger partial charge in [0.05, 0.1) is 23.5 Å². The molecular weight excluding hydrogens is 496 g/mol. The smallest absolute Gasteiger partial charge is 0.265 e. The van der Waals surface area contributed by atoms with Gasteiger partial charge in [-0.15, -0.1) is 0 Å². The van der Waals surface area contributed by atoms with Crippen LogP contribution in [-0.2, 0) is 34.3 Å². The molecule has 4 rings (SSSR count). The van der Waals surface area contributed by atoms with Gasteiger partial charge in [0, 0.05) is 17.4 Å². The highest BCUT2D eigenvalue weighted by atomic mass is 32.2. The highest BCUT2D eigenvalue weighted by molar-refractivity contribution is 7.86. The lowest BCUT2D eigenvalue weighted by Crippen LogP contribution is -2.68. The number of carbonyl (C=O) groups excluding carboxylic acids is 3. The van der Waals surface area contributed by atoms with Crippen LogP contribution in [0, 0.1) is 11.8 Å². The molecule has 0 heterocycles. The van der Waals surface area contributed by atoms with Gasteiger partial charge >= 0.3 is 0 Å². The summed E-state index contributed by atoms with van der Waals surface area (Å²) in [5.74, 6) is -8.82. The van der Waals surface area contributed by atoms with Crippen molar-refractivity contribution in [1.82, 2.24) is 4.90 Å². The van der Waals surface area contributed by atoms with E-state index in [0.29, 0.717) is 6.26 Å². The average Bonchev–Trinajstić information content (AvgIpc) is 2.72. The van der Waals surface area contributed by atoms with Crippen molar-refractivity contribution >= 4 is 33.4 Å². The topological polar surface area (TPSA) is 205 Å². The van der Waals surface area contributed by atoms with Crippen molar-refractivity contribution in [3.05, 3.63) is 46.2 Å². The van der Waals surface area contributed by atoms with Crippen LogP contribution in [0.15, 0.2) is 35.1 Å². The summed E-state index contributed by atoms with van der Waals surface area (Å²) in [7, 11) is -1.67. The molecule has 1 fully saturated rings. The number of aromatic hydroxyl groups is 1. The van der Waals surface area contributed by atoms with Crippen LogP contribution in [0.2, 0.25) is 0 Å². The predicted molar refractivity (Wildman–Crippen MR) is 124 cm³/mol. The third kappa shape index (κ3) is 3.30. The van der Waals surface area contributed by atoms with Crippen LogP contribution in [0.1, 0.15) is 24.5 Å². The van der Waals surface area contributed by atoms with Crippen molar-refractivity contribution in [3.63, 3.8) is 0 Å². The molecule has 0 aromatic heterocycles. The molecule has 0 saturated heterocycles. The third-order valence-corrected chi connectivity index (χ3v) is 7.84. The summed E-state index contributed by atoms with van der Waals surface area (Å²) in [5, 5.41) is 44.3. The van der Waals surface area contributed by atoms with E-state index < -0.39 is 85.1 Å². The van der Waals surface area contributed by atoms with Crippen LogP contribution in [0.4, 0.5) is 0 Å². The maximum atomic E-state index is 14.2. The number of ketones is 2. The zero-order valence-electron chi connectivity index (χ0n) is 19.8. The molecule has 3 aliphatic rings. The molecule has 1 amide bonds. The molecule has 36 heavy (non-hydrogen) atoms. The van der Waals surface area contributed by atoms with Crippen LogP contribution in [-0.4, -0.2) is 83.2 Å². The lowest BCUT2D eigenvalue weighted by atomic mass is 9.54. The Labute approximate surface area is 206 Å². The van der Waals surface area contributed by atoms with Crippen molar-refractivity contribution in [3.8, 4) is 5.75 Å².